The number of anilines is 1. The minimum atomic E-state index is -0.470. The van der Waals surface area contributed by atoms with Crippen LogP contribution in [-0.2, 0) is 4.74 Å². The Morgan fingerprint density at radius 3 is 2.76 bits per heavy atom. The molecule has 0 unspecified atom stereocenters. The van der Waals surface area contributed by atoms with Crippen LogP contribution >= 0.6 is 11.6 Å². The zero-order chi connectivity index (χ0) is 15.2. The number of halogens is 1. The maximum absolute atomic E-state index is 12.0. The van der Waals surface area contributed by atoms with Gasteiger partial charge in [-0.3, -0.25) is 4.90 Å². The molecule has 2 rings (SSSR count). The quantitative estimate of drug-likeness (QED) is 0.646. The molecule has 1 aliphatic heterocycles. The summed E-state index contributed by atoms with van der Waals surface area (Å²) in [6.45, 7) is 5.55. The Kier molecular flexibility index (Phi) is 5.70. The van der Waals surface area contributed by atoms with Gasteiger partial charge in [-0.2, -0.15) is 0 Å². The smallest absolute Gasteiger partial charge is 0.342 e. The van der Waals surface area contributed by atoms with Crippen LogP contribution in [-0.4, -0.2) is 43.7 Å². The second-order valence-electron chi connectivity index (χ2n) is 5.00. The average molecular weight is 313 g/mol. The topological polar surface area (TPSA) is 64.8 Å². The number of ether oxygens (including phenoxy) is 2. The molecule has 0 aliphatic carbocycles. The molecule has 0 aromatic heterocycles. The van der Waals surface area contributed by atoms with E-state index in [-0.39, 0.29) is 5.56 Å². The lowest BCUT2D eigenvalue weighted by molar-refractivity contribution is 0.0521. The van der Waals surface area contributed by atoms with Crippen LogP contribution in [0.2, 0.25) is 5.02 Å². The van der Waals surface area contributed by atoms with Crippen molar-refractivity contribution in [1.82, 2.24) is 4.90 Å². The number of benzene rings is 1. The molecule has 1 aromatic carbocycles. The second kappa shape index (κ2) is 7.52. The molecule has 0 spiro atoms. The zero-order valence-corrected chi connectivity index (χ0v) is 13.0. The molecule has 1 aliphatic rings. The molecule has 0 saturated carbocycles. The number of likely N-dealkylation sites (tertiary alicyclic amines) is 1. The van der Waals surface area contributed by atoms with Crippen molar-refractivity contribution in [3.05, 3.63) is 22.7 Å². The summed E-state index contributed by atoms with van der Waals surface area (Å²) >= 11 is 6.15. The predicted octanol–water partition coefficient (Wildman–Crippen LogP) is 2.57. The highest BCUT2D eigenvalue weighted by molar-refractivity contribution is 6.33. The molecule has 2 N–H and O–H groups in total. The maximum Gasteiger partial charge on any atom is 0.342 e. The van der Waals surface area contributed by atoms with E-state index in [0.29, 0.717) is 29.7 Å². The lowest BCUT2D eigenvalue weighted by Crippen LogP contribution is -2.25. The Bertz CT molecular complexity index is 502. The van der Waals surface area contributed by atoms with Crippen LogP contribution < -0.4 is 10.5 Å². The monoisotopic (exact) mass is 312 g/mol. The first-order chi connectivity index (χ1) is 10.1. The first-order valence-corrected chi connectivity index (χ1v) is 7.61. The van der Waals surface area contributed by atoms with E-state index in [1.54, 1.807) is 13.0 Å². The molecule has 1 fully saturated rings. The van der Waals surface area contributed by atoms with Gasteiger partial charge in [-0.1, -0.05) is 11.6 Å². The molecule has 1 saturated heterocycles. The van der Waals surface area contributed by atoms with Crippen molar-refractivity contribution in [2.75, 3.05) is 38.6 Å². The summed E-state index contributed by atoms with van der Waals surface area (Å²) in [5.41, 5.74) is 6.43. The van der Waals surface area contributed by atoms with Gasteiger partial charge in [0.2, 0.25) is 0 Å². The van der Waals surface area contributed by atoms with E-state index in [4.69, 9.17) is 26.8 Å². The van der Waals surface area contributed by atoms with E-state index < -0.39 is 5.97 Å². The molecule has 0 bridgehead atoms. The van der Waals surface area contributed by atoms with Gasteiger partial charge in [0.1, 0.15) is 12.2 Å². The normalized spacial score (nSPS) is 15.1. The number of hydrogen-bond donors (Lipinski definition) is 1. The number of esters is 1. The number of hydrogen-bond acceptors (Lipinski definition) is 5. The summed E-state index contributed by atoms with van der Waals surface area (Å²) in [4.78, 5) is 14.3. The molecule has 0 amide bonds. The lowest BCUT2D eigenvalue weighted by atomic mass is 10.2. The van der Waals surface area contributed by atoms with Crippen molar-refractivity contribution < 1.29 is 14.3 Å². The van der Waals surface area contributed by atoms with Crippen LogP contribution in [0.4, 0.5) is 5.69 Å². The fourth-order valence-corrected chi connectivity index (χ4v) is 2.69. The summed E-state index contributed by atoms with van der Waals surface area (Å²) in [7, 11) is 0. The van der Waals surface area contributed by atoms with Crippen molar-refractivity contribution in [3.8, 4) is 5.75 Å². The Morgan fingerprint density at radius 1 is 1.38 bits per heavy atom. The van der Waals surface area contributed by atoms with Crippen molar-refractivity contribution >= 4 is 23.3 Å². The number of carbonyl (C=O) groups is 1. The van der Waals surface area contributed by atoms with E-state index in [1.165, 1.54) is 18.9 Å². The third-order valence-electron chi connectivity index (χ3n) is 3.41. The SMILES string of the molecule is CCOC(=O)c1cc(N)cc(Cl)c1OCCN1CCCC1. The van der Waals surface area contributed by atoms with Crippen LogP contribution in [0.3, 0.4) is 0 Å². The van der Waals surface area contributed by atoms with Crippen LogP contribution in [0.25, 0.3) is 0 Å². The van der Waals surface area contributed by atoms with Crippen molar-refractivity contribution in [2.24, 2.45) is 0 Å². The van der Waals surface area contributed by atoms with Gasteiger partial charge in [0.15, 0.2) is 5.75 Å². The third-order valence-corrected chi connectivity index (χ3v) is 3.69. The number of nitrogens with zero attached hydrogens (tertiary/aromatic N) is 1. The van der Waals surface area contributed by atoms with Gasteiger partial charge in [0.05, 0.1) is 11.6 Å². The third kappa shape index (κ3) is 4.25. The number of rotatable bonds is 6. The minimum absolute atomic E-state index is 0.281. The van der Waals surface area contributed by atoms with Crippen molar-refractivity contribution in [1.29, 1.82) is 0 Å². The zero-order valence-electron chi connectivity index (χ0n) is 12.2. The summed E-state index contributed by atoms with van der Waals surface area (Å²) in [5, 5.41) is 0.333. The molecule has 1 heterocycles. The van der Waals surface area contributed by atoms with Crippen molar-refractivity contribution in [2.45, 2.75) is 19.8 Å². The molecule has 5 nitrogen and oxygen atoms in total. The molecule has 6 heteroatoms. The van der Waals surface area contributed by atoms with Crippen molar-refractivity contribution in [3.63, 3.8) is 0 Å². The highest BCUT2D eigenvalue weighted by atomic mass is 35.5. The largest absolute Gasteiger partial charge is 0.490 e. The van der Waals surface area contributed by atoms with Crippen LogP contribution in [0.5, 0.6) is 5.75 Å². The van der Waals surface area contributed by atoms with E-state index in [2.05, 4.69) is 4.90 Å². The molecular weight excluding hydrogens is 292 g/mol. The summed E-state index contributed by atoms with van der Waals surface area (Å²) in [5.74, 6) is -0.119. The van der Waals surface area contributed by atoms with E-state index in [1.807, 2.05) is 0 Å². The molecule has 0 radical (unpaired) electrons. The summed E-state index contributed by atoms with van der Waals surface area (Å²) in [6.07, 6.45) is 2.47. The molecule has 116 valence electrons. The Morgan fingerprint density at radius 2 is 2.10 bits per heavy atom. The number of carbonyl (C=O) groups excluding carboxylic acids is 1. The standard InChI is InChI=1S/C15H21ClN2O3/c1-2-20-15(19)12-9-11(17)10-13(16)14(12)21-8-7-18-5-3-4-6-18/h9-10H,2-8,17H2,1H3. The minimum Gasteiger partial charge on any atom is -0.490 e. The van der Waals surface area contributed by atoms with Gasteiger partial charge in [-0.05, 0) is 45.0 Å². The Balaban J connectivity index is 2.06. The van der Waals surface area contributed by atoms with Crippen LogP contribution in [0.15, 0.2) is 12.1 Å². The fourth-order valence-electron chi connectivity index (χ4n) is 2.40. The van der Waals surface area contributed by atoms with Gasteiger partial charge < -0.3 is 15.2 Å². The molecule has 21 heavy (non-hydrogen) atoms. The number of nitrogens with two attached hydrogens (primary N) is 1. The maximum atomic E-state index is 12.0. The lowest BCUT2D eigenvalue weighted by Gasteiger charge is -2.17. The molecule has 1 aromatic rings. The first kappa shape index (κ1) is 15.9. The van der Waals surface area contributed by atoms with E-state index in [0.717, 1.165) is 19.6 Å². The number of nitrogen functional groups attached to an aromatic ring is 1. The van der Waals surface area contributed by atoms with Gasteiger partial charge in [-0.25, -0.2) is 4.79 Å². The van der Waals surface area contributed by atoms with Gasteiger partial charge in [-0.15, -0.1) is 0 Å². The van der Waals surface area contributed by atoms with Crippen LogP contribution in [0.1, 0.15) is 30.1 Å². The highest BCUT2D eigenvalue weighted by Crippen LogP contribution is 2.32. The van der Waals surface area contributed by atoms with E-state index in [9.17, 15) is 4.79 Å². The first-order valence-electron chi connectivity index (χ1n) is 7.23. The molecular formula is C15H21ClN2O3. The average Bonchev–Trinajstić information content (AvgIpc) is 2.94. The highest BCUT2D eigenvalue weighted by Gasteiger charge is 2.19. The van der Waals surface area contributed by atoms with E-state index >= 15 is 0 Å². The fraction of sp³-hybridized carbons (Fsp3) is 0.533. The summed E-state index contributed by atoms with van der Waals surface area (Å²) < 4.78 is 10.7. The predicted molar refractivity (Wildman–Crippen MR) is 83.0 cm³/mol. The Hall–Kier alpha value is -1.46. The van der Waals surface area contributed by atoms with Crippen LogP contribution in [0, 0.1) is 0 Å². The Labute approximate surface area is 130 Å². The van der Waals surface area contributed by atoms with Gasteiger partial charge >= 0.3 is 5.97 Å². The van der Waals surface area contributed by atoms with Gasteiger partial charge in [0.25, 0.3) is 0 Å². The molecule has 0 atom stereocenters. The second-order valence-corrected chi connectivity index (χ2v) is 5.40. The van der Waals surface area contributed by atoms with Gasteiger partial charge in [0, 0.05) is 12.2 Å². The summed E-state index contributed by atoms with van der Waals surface area (Å²) in [6, 6.07) is 3.12.